The SMILES string of the molecule is CCCCC/C=C/C/C=C/CCCCCCCCCC(=O)OC[C@H](COP(=O)(O)OCCN)OC(=O)CCCCCCCCCCCCCCCCCCCC. The van der Waals surface area contributed by atoms with Crippen LogP contribution in [-0.4, -0.2) is 49.3 Å². The van der Waals surface area contributed by atoms with Crippen LogP contribution in [0.25, 0.3) is 0 Å². The Hall–Kier alpha value is -1.51. The van der Waals surface area contributed by atoms with Gasteiger partial charge in [0.25, 0.3) is 0 Å². The maximum atomic E-state index is 12.6. The predicted molar refractivity (Wildman–Crippen MR) is 234 cm³/mol. The first-order chi connectivity index (χ1) is 27.3. The number of carbonyl (C=O) groups is 2. The molecule has 0 saturated carbocycles. The van der Waals surface area contributed by atoms with Crippen LogP contribution in [0.4, 0.5) is 0 Å². The van der Waals surface area contributed by atoms with E-state index in [1.807, 2.05) is 0 Å². The van der Waals surface area contributed by atoms with Crippen LogP contribution >= 0.6 is 7.82 Å². The van der Waals surface area contributed by atoms with Crippen LogP contribution in [-0.2, 0) is 32.7 Å². The molecular formula is C46H88NO8P. The molecule has 3 N–H and O–H groups in total. The number of carbonyl (C=O) groups excluding carboxylic acids is 2. The zero-order valence-electron chi connectivity index (χ0n) is 36.4. The quantitative estimate of drug-likeness (QED) is 0.0267. The van der Waals surface area contributed by atoms with Crippen molar-refractivity contribution in [1.29, 1.82) is 0 Å². The van der Waals surface area contributed by atoms with Gasteiger partial charge in [-0.25, -0.2) is 4.57 Å². The molecule has 0 bridgehead atoms. The Bertz CT molecular complexity index is 975. The summed E-state index contributed by atoms with van der Waals surface area (Å²) in [5, 5.41) is 0. The number of rotatable bonds is 44. The lowest BCUT2D eigenvalue weighted by Gasteiger charge is -2.19. The molecule has 0 aliphatic carbocycles. The summed E-state index contributed by atoms with van der Waals surface area (Å²) in [6, 6.07) is 0. The topological polar surface area (TPSA) is 134 Å². The molecule has 9 nitrogen and oxygen atoms in total. The highest BCUT2D eigenvalue weighted by molar-refractivity contribution is 7.47. The second-order valence-electron chi connectivity index (χ2n) is 15.6. The van der Waals surface area contributed by atoms with E-state index in [0.29, 0.717) is 6.42 Å². The summed E-state index contributed by atoms with van der Waals surface area (Å²) in [7, 11) is -4.38. The highest BCUT2D eigenvalue weighted by Gasteiger charge is 2.26. The molecule has 0 aliphatic rings. The van der Waals surface area contributed by atoms with Crippen molar-refractivity contribution in [2.75, 3.05) is 26.4 Å². The molecule has 0 amide bonds. The van der Waals surface area contributed by atoms with Crippen molar-refractivity contribution < 1.29 is 37.6 Å². The third kappa shape index (κ3) is 42.1. The minimum Gasteiger partial charge on any atom is -0.462 e. The molecule has 0 rings (SSSR count). The molecule has 0 aliphatic heterocycles. The Kier molecular flexibility index (Phi) is 41.9. The van der Waals surface area contributed by atoms with Gasteiger partial charge >= 0.3 is 19.8 Å². The van der Waals surface area contributed by atoms with Crippen LogP contribution in [0.3, 0.4) is 0 Å². The zero-order valence-corrected chi connectivity index (χ0v) is 37.3. The Morgan fingerprint density at radius 2 is 0.929 bits per heavy atom. The Morgan fingerprint density at radius 1 is 0.536 bits per heavy atom. The average Bonchev–Trinajstić information content (AvgIpc) is 3.18. The highest BCUT2D eigenvalue weighted by atomic mass is 31.2. The first-order valence-electron chi connectivity index (χ1n) is 23.3. The molecule has 0 heterocycles. The van der Waals surface area contributed by atoms with Crippen molar-refractivity contribution >= 4 is 19.8 Å². The summed E-state index contributed by atoms with van der Waals surface area (Å²) in [6.45, 7) is 3.73. The van der Waals surface area contributed by atoms with E-state index in [1.165, 1.54) is 141 Å². The Morgan fingerprint density at radius 3 is 1.39 bits per heavy atom. The van der Waals surface area contributed by atoms with Crippen molar-refractivity contribution in [2.45, 2.75) is 232 Å². The van der Waals surface area contributed by atoms with E-state index in [0.717, 1.165) is 51.4 Å². The molecule has 1 unspecified atom stereocenters. The summed E-state index contributed by atoms with van der Waals surface area (Å²) in [4.78, 5) is 34.9. The molecule has 10 heteroatoms. The molecule has 0 aromatic heterocycles. The van der Waals surface area contributed by atoms with Crippen LogP contribution in [0.1, 0.15) is 226 Å². The Labute approximate surface area is 344 Å². The van der Waals surface area contributed by atoms with Gasteiger partial charge in [-0.15, -0.1) is 0 Å². The summed E-state index contributed by atoms with van der Waals surface area (Å²) in [6.07, 6.45) is 46.3. The zero-order chi connectivity index (χ0) is 41.1. The first-order valence-corrected chi connectivity index (χ1v) is 24.8. The second kappa shape index (κ2) is 43.1. The lowest BCUT2D eigenvalue weighted by atomic mass is 10.0. The normalized spacial score (nSPS) is 13.4. The number of ether oxygens (including phenoxy) is 2. The maximum Gasteiger partial charge on any atom is 0.472 e. The number of hydrogen-bond donors (Lipinski definition) is 2. The summed E-state index contributed by atoms with van der Waals surface area (Å²) in [5.41, 5.74) is 5.35. The number of phosphoric acid groups is 1. The van der Waals surface area contributed by atoms with Crippen molar-refractivity contribution in [3.05, 3.63) is 24.3 Å². The standard InChI is InChI=1S/C46H88NO8P/c1-3-5-7-9-11-13-15-17-19-21-23-25-27-29-31-33-35-37-39-46(49)55-44(43-54-56(50,51)53-41-40-47)42-52-45(48)38-36-34-32-30-28-26-24-22-20-18-16-14-12-10-8-6-4-2/h12,14,18,20,44H,3-11,13,15-17,19,21-43,47H2,1-2H3,(H,50,51)/b14-12+,20-18+/t44-/m1/s1. The molecular weight excluding hydrogens is 725 g/mol. The predicted octanol–water partition coefficient (Wildman–Crippen LogP) is 13.6. The van der Waals surface area contributed by atoms with Crippen molar-refractivity contribution in [3.63, 3.8) is 0 Å². The van der Waals surface area contributed by atoms with Crippen molar-refractivity contribution in [2.24, 2.45) is 5.73 Å². The Balaban J connectivity index is 4.09. The van der Waals surface area contributed by atoms with Gasteiger partial charge in [-0.05, 0) is 44.9 Å². The second-order valence-corrected chi connectivity index (χ2v) is 17.1. The highest BCUT2D eigenvalue weighted by Crippen LogP contribution is 2.43. The lowest BCUT2D eigenvalue weighted by molar-refractivity contribution is -0.161. The molecule has 2 atom stereocenters. The maximum absolute atomic E-state index is 12.6. The number of unbranched alkanes of at least 4 members (excludes halogenated alkanes) is 27. The summed E-state index contributed by atoms with van der Waals surface area (Å²) < 4.78 is 32.8. The number of phosphoric ester groups is 1. The molecule has 0 radical (unpaired) electrons. The third-order valence-corrected chi connectivity index (χ3v) is 11.1. The third-order valence-electron chi connectivity index (χ3n) is 10.1. The van der Waals surface area contributed by atoms with Crippen molar-refractivity contribution in [1.82, 2.24) is 0 Å². The van der Waals surface area contributed by atoms with Gasteiger partial charge in [-0.3, -0.25) is 18.6 Å². The molecule has 56 heavy (non-hydrogen) atoms. The van der Waals surface area contributed by atoms with E-state index in [4.69, 9.17) is 24.3 Å². The van der Waals surface area contributed by atoms with Gasteiger partial charge in [0.15, 0.2) is 6.10 Å². The van der Waals surface area contributed by atoms with Gasteiger partial charge in [0.05, 0.1) is 13.2 Å². The average molecular weight is 814 g/mol. The van der Waals surface area contributed by atoms with Crippen LogP contribution in [0, 0.1) is 0 Å². The van der Waals surface area contributed by atoms with E-state index in [9.17, 15) is 19.0 Å². The summed E-state index contributed by atoms with van der Waals surface area (Å²) in [5.74, 6) is -0.827. The fourth-order valence-electron chi connectivity index (χ4n) is 6.61. The minimum atomic E-state index is -4.38. The monoisotopic (exact) mass is 814 g/mol. The van der Waals surface area contributed by atoms with E-state index in [1.54, 1.807) is 0 Å². The molecule has 330 valence electrons. The molecule has 0 aromatic carbocycles. The minimum absolute atomic E-state index is 0.0541. The fourth-order valence-corrected chi connectivity index (χ4v) is 7.37. The van der Waals surface area contributed by atoms with E-state index >= 15 is 0 Å². The van der Waals surface area contributed by atoms with Gasteiger partial charge in [0.2, 0.25) is 0 Å². The van der Waals surface area contributed by atoms with Crippen LogP contribution < -0.4 is 5.73 Å². The largest absolute Gasteiger partial charge is 0.472 e. The van der Waals surface area contributed by atoms with Crippen LogP contribution in [0.2, 0.25) is 0 Å². The van der Waals surface area contributed by atoms with E-state index in [-0.39, 0.29) is 38.6 Å². The van der Waals surface area contributed by atoms with Gasteiger partial charge < -0.3 is 20.1 Å². The van der Waals surface area contributed by atoms with Crippen LogP contribution in [0.5, 0.6) is 0 Å². The molecule has 0 saturated heterocycles. The lowest BCUT2D eigenvalue weighted by Crippen LogP contribution is -2.29. The number of nitrogens with two attached hydrogens (primary N) is 1. The van der Waals surface area contributed by atoms with Crippen LogP contribution in [0.15, 0.2) is 24.3 Å². The van der Waals surface area contributed by atoms with Gasteiger partial charge in [0.1, 0.15) is 6.61 Å². The smallest absolute Gasteiger partial charge is 0.462 e. The number of hydrogen-bond acceptors (Lipinski definition) is 8. The summed E-state index contributed by atoms with van der Waals surface area (Å²) >= 11 is 0. The van der Waals surface area contributed by atoms with Crippen molar-refractivity contribution in [3.8, 4) is 0 Å². The van der Waals surface area contributed by atoms with Gasteiger partial charge in [-0.2, -0.15) is 0 Å². The fraction of sp³-hybridized carbons (Fsp3) is 0.870. The van der Waals surface area contributed by atoms with E-state index < -0.39 is 26.5 Å². The number of esters is 2. The van der Waals surface area contributed by atoms with Gasteiger partial charge in [0, 0.05) is 19.4 Å². The molecule has 0 aromatic rings. The molecule has 0 spiro atoms. The van der Waals surface area contributed by atoms with E-state index in [2.05, 4.69) is 38.2 Å². The van der Waals surface area contributed by atoms with Gasteiger partial charge in [-0.1, -0.05) is 192 Å². The molecule has 0 fully saturated rings. The first kappa shape index (κ1) is 54.5. The number of allylic oxidation sites excluding steroid dienone is 4.